The van der Waals surface area contributed by atoms with Gasteiger partial charge >= 0.3 is 18.3 Å². The summed E-state index contributed by atoms with van der Waals surface area (Å²) in [4.78, 5) is 18.4. The van der Waals surface area contributed by atoms with Crippen LogP contribution < -0.4 is 4.90 Å². The number of rotatable bonds is 2. The van der Waals surface area contributed by atoms with Crippen molar-refractivity contribution >= 4 is 11.9 Å². The molecule has 0 aliphatic carbocycles. The minimum atomic E-state index is -4.78. The molecule has 0 aromatic carbocycles. The van der Waals surface area contributed by atoms with E-state index < -0.39 is 54.9 Å². The molecule has 1 saturated heterocycles. The smallest absolute Gasteiger partial charge is 0.433 e. The van der Waals surface area contributed by atoms with Crippen LogP contribution in [-0.2, 0) is 11.0 Å². The van der Waals surface area contributed by atoms with Crippen molar-refractivity contribution in [3.05, 3.63) is 18.0 Å². The largest absolute Gasteiger partial charge is 0.481 e. The summed E-state index contributed by atoms with van der Waals surface area (Å²) >= 11 is 0. The van der Waals surface area contributed by atoms with Crippen molar-refractivity contribution in [2.75, 3.05) is 18.0 Å². The summed E-state index contributed by atoms with van der Waals surface area (Å²) in [6, 6.07) is 0.579. The van der Waals surface area contributed by atoms with Gasteiger partial charge in [0.05, 0.1) is 11.8 Å². The molecule has 0 spiro atoms. The second kappa shape index (κ2) is 5.29. The van der Waals surface area contributed by atoms with Crippen LogP contribution in [-0.4, -0.2) is 40.3 Å². The third-order valence-corrected chi connectivity index (χ3v) is 3.27. The highest BCUT2D eigenvalue weighted by molar-refractivity contribution is 5.72. The first-order chi connectivity index (χ1) is 10.00. The third kappa shape index (κ3) is 3.22. The molecule has 1 fully saturated rings. The number of aliphatic carboxylic acids is 1. The SMILES string of the molecule is O=C(O)[C@@H]1CN(c2nccc(C(F)(F)F)n2)C[C@H]1C(F)(F)F. The molecule has 22 heavy (non-hydrogen) atoms. The Labute approximate surface area is 119 Å². The van der Waals surface area contributed by atoms with Crippen molar-refractivity contribution in [2.45, 2.75) is 12.4 Å². The van der Waals surface area contributed by atoms with Crippen LogP contribution in [0.1, 0.15) is 5.69 Å². The van der Waals surface area contributed by atoms with Crippen LogP contribution in [0.25, 0.3) is 0 Å². The van der Waals surface area contributed by atoms with Gasteiger partial charge in [-0.25, -0.2) is 9.97 Å². The molecule has 1 aromatic rings. The number of anilines is 1. The van der Waals surface area contributed by atoms with E-state index in [1.807, 2.05) is 0 Å². The highest BCUT2D eigenvalue weighted by Crippen LogP contribution is 2.39. The number of hydrogen-bond acceptors (Lipinski definition) is 4. The van der Waals surface area contributed by atoms with Crippen molar-refractivity contribution in [3.8, 4) is 0 Å². The highest BCUT2D eigenvalue weighted by atomic mass is 19.4. The third-order valence-electron chi connectivity index (χ3n) is 3.27. The minimum absolute atomic E-state index is 0.576. The molecule has 1 aliphatic heterocycles. The lowest BCUT2D eigenvalue weighted by molar-refractivity contribution is -0.187. The lowest BCUT2D eigenvalue weighted by Gasteiger charge is -2.18. The van der Waals surface area contributed by atoms with Crippen molar-refractivity contribution in [2.24, 2.45) is 11.8 Å². The van der Waals surface area contributed by atoms with E-state index in [1.54, 1.807) is 0 Å². The molecule has 5 nitrogen and oxygen atoms in total. The van der Waals surface area contributed by atoms with Gasteiger partial charge in [-0.1, -0.05) is 0 Å². The number of alkyl halides is 6. The Hall–Kier alpha value is -2.07. The first-order valence-corrected chi connectivity index (χ1v) is 5.95. The summed E-state index contributed by atoms with van der Waals surface area (Å²) < 4.78 is 76.1. The second-order valence-corrected chi connectivity index (χ2v) is 4.74. The highest BCUT2D eigenvalue weighted by Gasteiger charge is 2.53. The molecule has 2 rings (SSSR count). The summed E-state index contributed by atoms with van der Waals surface area (Å²) in [5.74, 6) is -6.22. The zero-order chi connectivity index (χ0) is 16.7. The van der Waals surface area contributed by atoms with E-state index in [-0.39, 0.29) is 0 Å². The molecular weight excluding hydrogens is 320 g/mol. The Morgan fingerprint density at radius 1 is 1.23 bits per heavy atom. The minimum Gasteiger partial charge on any atom is -0.481 e. The Morgan fingerprint density at radius 3 is 2.32 bits per heavy atom. The molecular formula is C11H9F6N3O2. The van der Waals surface area contributed by atoms with E-state index >= 15 is 0 Å². The molecule has 0 radical (unpaired) electrons. The predicted octanol–water partition coefficient (Wildman–Crippen LogP) is 2.19. The van der Waals surface area contributed by atoms with E-state index in [0.29, 0.717) is 6.07 Å². The van der Waals surface area contributed by atoms with Gasteiger partial charge in [-0.3, -0.25) is 4.79 Å². The molecule has 0 bridgehead atoms. The molecule has 0 amide bonds. The predicted molar refractivity (Wildman–Crippen MR) is 59.9 cm³/mol. The number of aromatic nitrogens is 2. The van der Waals surface area contributed by atoms with Gasteiger partial charge in [0.2, 0.25) is 5.95 Å². The van der Waals surface area contributed by atoms with Gasteiger partial charge in [0, 0.05) is 19.3 Å². The van der Waals surface area contributed by atoms with Crippen LogP contribution in [0.5, 0.6) is 0 Å². The van der Waals surface area contributed by atoms with Crippen LogP contribution in [0.15, 0.2) is 12.3 Å². The lowest BCUT2D eigenvalue weighted by Crippen LogP contribution is -2.33. The Bertz CT molecular complexity index is 574. The Morgan fingerprint density at radius 2 is 1.86 bits per heavy atom. The maximum Gasteiger partial charge on any atom is 0.433 e. The number of halogens is 6. The Balaban J connectivity index is 2.30. The Kier molecular flexibility index (Phi) is 3.92. The number of hydrogen-bond donors (Lipinski definition) is 1. The van der Waals surface area contributed by atoms with Gasteiger partial charge in [-0.15, -0.1) is 0 Å². The van der Waals surface area contributed by atoms with Crippen molar-refractivity contribution in [3.63, 3.8) is 0 Å². The zero-order valence-corrected chi connectivity index (χ0v) is 10.7. The van der Waals surface area contributed by atoms with E-state index in [0.717, 1.165) is 11.1 Å². The summed E-state index contributed by atoms with van der Waals surface area (Å²) in [5.41, 5.74) is -1.31. The van der Waals surface area contributed by atoms with Gasteiger partial charge < -0.3 is 10.0 Å². The van der Waals surface area contributed by atoms with Crippen molar-refractivity contribution in [1.82, 2.24) is 9.97 Å². The van der Waals surface area contributed by atoms with Crippen LogP contribution >= 0.6 is 0 Å². The summed E-state index contributed by atoms with van der Waals surface area (Å²) in [7, 11) is 0. The molecule has 122 valence electrons. The quantitative estimate of drug-likeness (QED) is 0.843. The maximum atomic E-state index is 12.8. The molecule has 1 aromatic heterocycles. The number of carboxylic acid groups (broad SMARTS) is 1. The topological polar surface area (TPSA) is 66.3 Å². The summed E-state index contributed by atoms with van der Waals surface area (Å²) in [5, 5.41) is 8.85. The van der Waals surface area contributed by atoms with Crippen LogP contribution in [0.2, 0.25) is 0 Å². The average molecular weight is 329 g/mol. The van der Waals surface area contributed by atoms with E-state index in [4.69, 9.17) is 5.11 Å². The van der Waals surface area contributed by atoms with Gasteiger partial charge in [0.25, 0.3) is 0 Å². The molecule has 0 saturated carbocycles. The second-order valence-electron chi connectivity index (χ2n) is 4.74. The van der Waals surface area contributed by atoms with Crippen LogP contribution in [0.4, 0.5) is 32.3 Å². The lowest BCUT2D eigenvalue weighted by atomic mass is 9.96. The van der Waals surface area contributed by atoms with E-state index in [1.165, 1.54) is 0 Å². The first kappa shape index (κ1) is 16.3. The van der Waals surface area contributed by atoms with Gasteiger partial charge in [-0.2, -0.15) is 26.3 Å². The van der Waals surface area contributed by atoms with E-state index in [9.17, 15) is 31.1 Å². The fourth-order valence-corrected chi connectivity index (χ4v) is 2.21. The molecule has 2 heterocycles. The van der Waals surface area contributed by atoms with Crippen molar-refractivity contribution < 1.29 is 36.2 Å². The fraction of sp³-hybridized carbons (Fsp3) is 0.545. The molecule has 0 unspecified atom stereocenters. The standard InChI is InChI=1S/C11H9F6N3O2/c12-10(13,14)6-4-20(3-5(6)8(21)22)9-18-2-1-7(19-9)11(15,16)17/h1-2,5-6H,3-4H2,(H,21,22)/t5-,6-/m1/s1. The number of nitrogens with zero attached hydrogens (tertiary/aromatic N) is 3. The summed E-state index contributed by atoms with van der Waals surface area (Å²) in [6.07, 6.45) is -8.78. The van der Waals surface area contributed by atoms with Gasteiger partial charge in [0.15, 0.2) is 0 Å². The molecule has 2 atom stereocenters. The number of carboxylic acids is 1. The van der Waals surface area contributed by atoms with Crippen LogP contribution in [0.3, 0.4) is 0 Å². The van der Waals surface area contributed by atoms with Crippen LogP contribution in [0, 0.1) is 11.8 Å². The van der Waals surface area contributed by atoms with Crippen molar-refractivity contribution in [1.29, 1.82) is 0 Å². The summed E-state index contributed by atoms with van der Waals surface area (Å²) in [6.45, 7) is -1.41. The molecule has 1 N–H and O–H groups in total. The molecule has 11 heteroatoms. The normalized spacial score (nSPS) is 22.9. The fourth-order valence-electron chi connectivity index (χ4n) is 2.21. The average Bonchev–Trinajstić information content (AvgIpc) is 2.83. The zero-order valence-electron chi connectivity index (χ0n) is 10.7. The van der Waals surface area contributed by atoms with Gasteiger partial charge in [-0.05, 0) is 6.07 Å². The monoisotopic (exact) mass is 329 g/mol. The maximum absolute atomic E-state index is 12.8. The molecule has 1 aliphatic rings. The number of carbonyl (C=O) groups is 1. The first-order valence-electron chi connectivity index (χ1n) is 5.95. The van der Waals surface area contributed by atoms with E-state index in [2.05, 4.69) is 9.97 Å². The van der Waals surface area contributed by atoms with Gasteiger partial charge in [0.1, 0.15) is 5.69 Å².